The normalized spacial score (nSPS) is 11.6. The molecule has 0 aliphatic carbocycles. The van der Waals surface area contributed by atoms with E-state index in [-0.39, 0.29) is 4.90 Å². The second-order valence-electron chi connectivity index (χ2n) is 4.96. The van der Waals surface area contributed by atoms with Crippen LogP contribution in [0.2, 0.25) is 0 Å². The molecule has 1 heterocycles. The number of anilines is 1. The number of nitrogens with one attached hydrogen (secondary N) is 1. The Labute approximate surface area is 125 Å². The Kier molecular flexibility index (Phi) is 4.64. The van der Waals surface area contributed by atoms with E-state index in [2.05, 4.69) is 21.8 Å². The summed E-state index contributed by atoms with van der Waals surface area (Å²) in [6, 6.07) is 5.14. The molecule has 3 N–H and O–H groups in total. The maximum absolute atomic E-state index is 11.5. The summed E-state index contributed by atoms with van der Waals surface area (Å²) in [7, 11) is -3.70. The third-order valence-electron chi connectivity index (χ3n) is 3.23. The van der Waals surface area contributed by atoms with Crippen molar-refractivity contribution in [2.45, 2.75) is 38.3 Å². The second kappa shape index (κ2) is 6.28. The highest BCUT2D eigenvalue weighted by Gasteiger charge is 2.12. The van der Waals surface area contributed by atoms with E-state index < -0.39 is 10.0 Å². The zero-order valence-electron chi connectivity index (χ0n) is 12.2. The third-order valence-corrected chi connectivity index (χ3v) is 4.28. The van der Waals surface area contributed by atoms with E-state index in [0.717, 1.165) is 18.7 Å². The molecule has 1 aromatic heterocycles. The lowest BCUT2D eigenvalue weighted by atomic mass is 10.2. The average Bonchev–Trinajstić information content (AvgIpc) is 2.84. The summed E-state index contributed by atoms with van der Waals surface area (Å²) in [6.07, 6.45) is 4.63. The van der Waals surface area contributed by atoms with Crippen LogP contribution >= 0.6 is 0 Å². The highest BCUT2D eigenvalue weighted by atomic mass is 32.2. The number of nitrogens with zero attached hydrogens (tertiary/aromatic N) is 2. The summed E-state index contributed by atoms with van der Waals surface area (Å²) >= 11 is 0. The summed E-state index contributed by atoms with van der Waals surface area (Å²) in [6.45, 7) is 5.32. The maximum atomic E-state index is 11.5. The molecule has 0 bridgehead atoms. The summed E-state index contributed by atoms with van der Waals surface area (Å²) < 4.78 is 25.1. The smallest absolute Gasteiger partial charge is 0.238 e. The van der Waals surface area contributed by atoms with Crippen LogP contribution in [-0.2, 0) is 23.1 Å². The maximum Gasteiger partial charge on any atom is 0.238 e. The molecule has 6 nitrogen and oxygen atoms in total. The van der Waals surface area contributed by atoms with Crippen LogP contribution in [0.25, 0.3) is 0 Å². The van der Waals surface area contributed by atoms with Gasteiger partial charge in [-0.25, -0.2) is 18.5 Å². The van der Waals surface area contributed by atoms with Gasteiger partial charge in [-0.1, -0.05) is 13.0 Å². The van der Waals surface area contributed by atoms with Crippen LogP contribution in [0.1, 0.15) is 24.6 Å². The molecule has 7 heteroatoms. The zero-order chi connectivity index (χ0) is 15.5. The van der Waals surface area contributed by atoms with Crippen molar-refractivity contribution in [1.82, 2.24) is 9.55 Å². The highest BCUT2D eigenvalue weighted by Crippen LogP contribution is 2.19. The first-order valence-corrected chi connectivity index (χ1v) is 8.32. The van der Waals surface area contributed by atoms with Gasteiger partial charge in [0.1, 0.15) is 0 Å². The summed E-state index contributed by atoms with van der Waals surface area (Å²) in [5.41, 5.74) is 2.41. The minimum absolute atomic E-state index is 0.148. The monoisotopic (exact) mass is 308 g/mol. The molecule has 2 aromatic rings. The van der Waals surface area contributed by atoms with Gasteiger partial charge in [0.25, 0.3) is 0 Å². The molecule has 0 aliphatic heterocycles. The van der Waals surface area contributed by atoms with E-state index in [4.69, 9.17) is 5.14 Å². The zero-order valence-corrected chi connectivity index (χ0v) is 13.0. The number of hydrogen-bond donors (Lipinski definition) is 2. The SMILES string of the molecule is CCCn1cncc1CNc1ccc(C)c(S(N)(=O)=O)c1. The van der Waals surface area contributed by atoms with Crippen LogP contribution in [0.3, 0.4) is 0 Å². The molecule has 0 unspecified atom stereocenters. The van der Waals surface area contributed by atoms with Gasteiger partial charge in [0.2, 0.25) is 10.0 Å². The number of hydrogen-bond acceptors (Lipinski definition) is 4. The number of aromatic nitrogens is 2. The molecular weight excluding hydrogens is 288 g/mol. The summed E-state index contributed by atoms with van der Waals surface area (Å²) in [5.74, 6) is 0. The Morgan fingerprint density at radius 2 is 2.14 bits per heavy atom. The van der Waals surface area contributed by atoms with E-state index in [0.29, 0.717) is 17.8 Å². The molecule has 0 radical (unpaired) electrons. The largest absolute Gasteiger partial charge is 0.379 e. The van der Waals surface area contributed by atoms with Gasteiger partial charge in [0.05, 0.1) is 23.5 Å². The quantitative estimate of drug-likeness (QED) is 0.852. The van der Waals surface area contributed by atoms with Crippen molar-refractivity contribution in [3.05, 3.63) is 42.0 Å². The second-order valence-corrected chi connectivity index (χ2v) is 6.49. The molecule has 0 aliphatic rings. The third kappa shape index (κ3) is 3.83. The molecule has 2 rings (SSSR count). The lowest BCUT2D eigenvalue weighted by Crippen LogP contribution is -2.14. The van der Waals surface area contributed by atoms with Gasteiger partial charge >= 0.3 is 0 Å². The molecule has 0 saturated heterocycles. The molecule has 21 heavy (non-hydrogen) atoms. The first-order valence-electron chi connectivity index (χ1n) is 6.78. The molecule has 0 fully saturated rings. The van der Waals surface area contributed by atoms with Crippen molar-refractivity contribution in [3.63, 3.8) is 0 Å². The predicted octanol–water partition coefficient (Wildman–Crippen LogP) is 1.86. The van der Waals surface area contributed by atoms with Gasteiger partial charge in [-0.15, -0.1) is 0 Å². The topological polar surface area (TPSA) is 90.0 Å². The molecular formula is C14H20N4O2S. The molecule has 0 saturated carbocycles. The van der Waals surface area contributed by atoms with Crippen LogP contribution in [0.15, 0.2) is 35.6 Å². The first kappa shape index (κ1) is 15.5. The number of rotatable bonds is 6. The van der Waals surface area contributed by atoms with Crippen LogP contribution in [0, 0.1) is 6.92 Å². The number of sulfonamides is 1. The van der Waals surface area contributed by atoms with E-state index in [9.17, 15) is 8.42 Å². The summed E-state index contributed by atoms with van der Waals surface area (Å²) in [5, 5.41) is 8.42. The van der Waals surface area contributed by atoms with E-state index >= 15 is 0 Å². The fourth-order valence-corrected chi connectivity index (χ4v) is 2.95. The standard InChI is InChI=1S/C14H20N4O2S/c1-3-6-18-10-16-8-13(18)9-17-12-5-4-11(2)14(7-12)21(15,19)20/h4-5,7-8,10,17H,3,6,9H2,1-2H3,(H2,15,19,20). The minimum Gasteiger partial charge on any atom is -0.379 e. The van der Waals surface area contributed by atoms with Crippen LogP contribution in [0.4, 0.5) is 5.69 Å². The van der Waals surface area contributed by atoms with Crippen molar-refractivity contribution in [2.75, 3.05) is 5.32 Å². The van der Waals surface area contributed by atoms with E-state index in [1.807, 2.05) is 6.07 Å². The number of primary sulfonamides is 1. The van der Waals surface area contributed by atoms with Gasteiger partial charge in [0.15, 0.2) is 0 Å². The van der Waals surface area contributed by atoms with E-state index in [1.165, 1.54) is 0 Å². The Morgan fingerprint density at radius 1 is 1.38 bits per heavy atom. The number of nitrogens with two attached hydrogens (primary N) is 1. The summed E-state index contributed by atoms with van der Waals surface area (Å²) in [4.78, 5) is 4.28. The van der Waals surface area contributed by atoms with Gasteiger partial charge in [0, 0.05) is 18.4 Å². The molecule has 0 spiro atoms. The first-order chi connectivity index (χ1) is 9.91. The van der Waals surface area contributed by atoms with Crippen molar-refractivity contribution in [1.29, 1.82) is 0 Å². The number of imidazole rings is 1. The van der Waals surface area contributed by atoms with E-state index in [1.54, 1.807) is 31.6 Å². The van der Waals surface area contributed by atoms with Crippen molar-refractivity contribution in [3.8, 4) is 0 Å². The Hall–Kier alpha value is -1.86. The molecule has 1 aromatic carbocycles. The van der Waals surface area contributed by atoms with Gasteiger partial charge < -0.3 is 9.88 Å². The molecule has 114 valence electrons. The number of aryl methyl sites for hydroxylation is 2. The fraction of sp³-hybridized carbons (Fsp3) is 0.357. The van der Waals surface area contributed by atoms with Crippen LogP contribution < -0.4 is 10.5 Å². The number of benzene rings is 1. The highest BCUT2D eigenvalue weighted by molar-refractivity contribution is 7.89. The lowest BCUT2D eigenvalue weighted by Gasteiger charge is -2.11. The Balaban J connectivity index is 2.15. The van der Waals surface area contributed by atoms with Crippen molar-refractivity contribution < 1.29 is 8.42 Å². The average molecular weight is 308 g/mol. The van der Waals surface area contributed by atoms with Crippen LogP contribution in [-0.4, -0.2) is 18.0 Å². The predicted molar refractivity (Wildman–Crippen MR) is 82.4 cm³/mol. The fourth-order valence-electron chi connectivity index (χ4n) is 2.15. The Morgan fingerprint density at radius 3 is 2.81 bits per heavy atom. The van der Waals surface area contributed by atoms with Crippen molar-refractivity contribution in [2.24, 2.45) is 5.14 Å². The van der Waals surface area contributed by atoms with Crippen LogP contribution in [0.5, 0.6) is 0 Å². The Bertz CT molecular complexity index is 722. The molecule has 0 amide bonds. The van der Waals surface area contributed by atoms with Gasteiger partial charge in [-0.3, -0.25) is 0 Å². The minimum atomic E-state index is -3.70. The lowest BCUT2D eigenvalue weighted by molar-refractivity contribution is 0.597. The van der Waals surface area contributed by atoms with Crippen molar-refractivity contribution >= 4 is 15.7 Å². The van der Waals surface area contributed by atoms with Gasteiger partial charge in [-0.2, -0.15) is 0 Å². The molecule has 0 atom stereocenters. The van der Waals surface area contributed by atoms with Gasteiger partial charge in [-0.05, 0) is 31.0 Å².